The second kappa shape index (κ2) is 10.2. The molecule has 2 heterocycles. The maximum Gasteiger partial charge on any atom is 0.573 e. The van der Waals surface area contributed by atoms with Gasteiger partial charge in [0.15, 0.2) is 0 Å². The van der Waals surface area contributed by atoms with E-state index in [-0.39, 0.29) is 34.8 Å². The SMILES string of the molecule is O=C(O)c1cccc(-c2noc(C34CCC(OCc5c(-c6ccccc6OC(F)(F)F)noc5C5CC5)(CC3)CC4)n2)c1. The minimum Gasteiger partial charge on any atom is -0.478 e. The van der Waals surface area contributed by atoms with Gasteiger partial charge in [-0.2, -0.15) is 4.98 Å². The first-order chi connectivity index (χ1) is 20.6. The fourth-order valence-electron chi connectivity index (χ4n) is 6.48. The molecule has 2 bridgehead atoms. The van der Waals surface area contributed by atoms with Gasteiger partial charge in [-0.3, -0.25) is 0 Å². The molecule has 224 valence electrons. The van der Waals surface area contributed by atoms with Crippen molar-refractivity contribution in [2.75, 3.05) is 0 Å². The Labute approximate surface area is 244 Å². The summed E-state index contributed by atoms with van der Waals surface area (Å²) in [5.74, 6) is 0.393. The summed E-state index contributed by atoms with van der Waals surface area (Å²) < 4.78 is 61.7. The number of benzene rings is 2. The Morgan fingerprint density at radius 3 is 2.42 bits per heavy atom. The van der Waals surface area contributed by atoms with Crippen LogP contribution in [0.25, 0.3) is 22.6 Å². The van der Waals surface area contributed by atoms with Crippen LogP contribution in [0.15, 0.2) is 57.6 Å². The molecule has 43 heavy (non-hydrogen) atoms. The molecule has 0 aliphatic heterocycles. The first-order valence-corrected chi connectivity index (χ1v) is 14.3. The predicted molar refractivity (Wildman–Crippen MR) is 144 cm³/mol. The maximum atomic E-state index is 13.1. The smallest absolute Gasteiger partial charge is 0.478 e. The standard InChI is InChI=1S/C31H28F3N3O6/c32-31(33,34)41-23-7-2-1-6-21(23)24-22(25(42-36-24)18-8-9-18)17-40-30-13-10-29(11-14-30,12-15-30)28-35-26(37-43-28)19-4-3-5-20(16-19)27(38)39/h1-7,16,18H,8-15,17H2,(H,38,39). The van der Waals surface area contributed by atoms with Gasteiger partial charge in [-0.15, -0.1) is 13.2 Å². The van der Waals surface area contributed by atoms with Gasteiger partial charge in [-0.05, 0) is 75.6 Å². The fraction of sp³-hybridized carbons (Fsp3) is 0.419. The molecule has 1 N–H and O–H groups in total. The minimum absolute atomic E-state index is 0.150. The predicted octanol–water partition coefficient (Wildman–Crippen LogP) is 7.43. The molecule has 0 unspecified atom stereocenters. The summed E-state index contributed by atoms with van der Waals surface area (Å²) in [4.78, 5) is 16.1. The summed E-state index contributed by atoms with van der Waals surface area (Å²) in [7, 11) is 0. The first-order valence-electron chi connectivity index (χ1n) is 14.3. The van der Waals surface area contributed by atoms with Crippen molar-refractivity contribution in [1.82, 2.24) is 15.3 Å². The van der Waals surface area contributed by atoms with E-state index in [1.165, 1.54) is 24.3 Å². The van der Waals surface area contributed by atoms with Crippen molar-refractivity contribution in [2.24, 2.45) is 0 Å². The molecule has 4 aliphatic carbocycles. The number of nitrogens with zero attached hydrogens (tertiary/aromatic N) is 3. The number of carboxylic acid groups (broad SMARTS) is 1. The molecule has 0 saturated heterocycles. The largest absolute Gasteiger partial charge is 0.573 e. The Morgan fingerprint density at radius 2 is 1.72 bits per heavy atom. The number of halogens is 3. The van der Waals surface area contributed by atoms with Gasteiger partial charge in [0, 0.05) is 22.6 Å². The van der Waals surface area contributed by atoms with Gasteiger partial charge < -0.3 is 23.6 Å². The van der Waals surface area contributed by atoms with Crippen molar-refractivity contribution < 1.29 is 41.6 Å². The molecule has 2 aromatic carbocycles. The van der Waals surface area contributed by atoms with Gasteiger partial charge in [0.25, 0.3) is 0 Å². The lowest BCUT2D eigenvalue weighted by molar-refractivity contribution is -0.274. The van der Waals surface area contributed by atoms with E-state index in [4.69, 9.17) is 13.8 Å². The Balaban J connectivity index is 1.08. The van der Waals surface area contributed by atoms with Crippen LogP contribution in [-0.2, 0) is 16.8 Å². The molecule has 12 heteroatoms. The van der Waals surface area contributed by atoms with Crippen molar-refractivity contribution in [3.8, 4) is 28.4 Å². The van der Waals surface area contributed by atoms with Crippen LogP contribution >= 0.6 is 0 Å². The van der Waals surface area contributed by atoms with E-state index in [0.29, 0.717) is 34.3 Å². The zero-order valence-electron chi connectivity index (χ0n) is 23.0. The van der Waals surface area contributed by atoms with E-state index < -0.39 is 17.9 Å². The van der Waals surface area contributed by atoms with Gasteiger partial charge in [0.2, 0.25) is 11.7 Å². The molecule has 0 amide bonds. The first kappa shape index (κ1) is 27.6. The lowest BCUT2D eigenvalue weighted by Gasteiger charge is -2.51. The summed E-state index contributed by atoms with van der Waals surface area (Å²) in [6.45, 7) is 0.169. The molecule has 2 aromatic heterocycles. The number of para-hydroxylation sites is 1. The van der Waals surface area contributed by atoms with Crippen LogP contribution in [0.3, 0.4) is 0 Å². The van der Waals surface area contributed by atoms with Crippen LogP contribution in [0.5, 0.6) is 5.75 Å². The molecule has 0 atom stereocenters. The Hall–Kier alpha value is -4.19. The number of aromatic carboxylic acids is 1. The lowest BCUT2D eigenvalue weighted by atomic mass is 9.58. The van der Waals surface area contributed by atoms with Gasteiger partial charge in [-0.25, -0.2) is 4.79 Å². The number of alkyl halides is 3. The molecular weight excluding hydrogens is 567 g/mol. The second-order valence-electron chi connectivity index (χ2n) is 11.8. The van der Waals surface area contributed by atoms with Gasteiger partial charge >= 0.3 is 12.3 Å². The molecule has 4 fully saturated rings. The fourth-order valence-corrected chi connectivity index (χ4v) is 6.48. The highest BCUT2D eigenvalue weighted by atomic mass is 19.4. The topological polar surface area (TPSA) is 121 Å². The molecule has 8 rings (SSSR count). The monoisotopic (exact) mass is 595 g/mol. The van der Waals surface area contributed by atoms with Crippen LogP contribution < -0.4 is 4.74 Å². The zero-order chi connectivity index (χ0) is 29.8. The summed E-state index contributed by atoms with van der Waals surface area (Å²) in [5.41, 5.74) is 1.24. The number of carbonyl (C=O) groups is 1. The Morgan fingerprint density at radius 1 is 0.977 bits per heavy atom. The average molecular weight is 596 g/mol. The molecule has 0 spiro atoms. The van der Waals surface area contributed by atoms with E-state index in [2.05, 4.69) is 20.0 Å². The highest BCUT2D eigenvalue weighted by Gasteiger charge is 2.53. The van der Waals surface area contributed by atoms with Gasteiger partial charge in [0.05, 0.1) is 23.2 Å². The van der Waals surface area contributed by atoms with Crippen molar-refractivity contribution >= 4 is 5.97 Å². The van der Waals surface area contributed by atoms with Crippen LogP contribution in [-0.4, -0.2) is 38.3 Å². The average Bonchev–Trinajstić information content (AvgIpc) is 3.55. The highest BCUT2D eigenvalue weighted by molar-refractivity contribution is 5.89. The molecule has 9 nitrogen and oxygen atoms in total. The molecular formula is C31H28F3N3O6. The minimum atomic E-state index is -4.84. The Kier molecular flexibility index (Phi) is 6.57. The lowest BCUT2D eigenvalue weighted by Crippen LogP contribution is -2.49. The normalized spacial score (nSPS) is 23.4. The van der Waals surface area contributed by atoms with Crippen LogP contribution in [0.1, 0.15) is 84.9 Å². The quantitative estimate of drug-likeness (QED) is 0.211. The van der Waals surface area contributed by atoms with Crippen LogP contribution in [0.2, 0.25) is 0 Å². The summed E-state index contributed by atoms with van der Waals surface area (Å²) in [6.07, 6.45) is 1.62. The molecule has 4 aliphatic rings. The third-order valence-electron chi connectivity index (χ3n) is 9.08. The number of hydrogen-bond acceptors (Lipinski definition) is 8. The van der Waals surface area contributed by atoms with Gasteiger partial charge in [-0.1, -0.05) is 34.6 Å². The van der Waals surface area contributed by atoms with Crippen molar-refractivity contribution in [2.45, 2.75) is 81.3 Å². The number of ether oxygens (including phenoxy) is 2. The van der Waals surface area contributed by atoms with Crippen molar-refractivity contribution in [3.05, 3.63) is 71.3 Å². The number of carboxylic acids is 1. The Bertz CT molecular complexity index is 1650. The molecule has 4 aromatic rings. The third kappa shape index (κ3) is 5.28. The van der Waals surface area contributed by atoms with Crippen LogP contribution in [0.4, 0.5) is 13.2 Å². The van der Waals surface area contributed by atoms with E-state index >= 15 is 0 Å². The van der Waals surface area contributed by atoms with E-state index in [0.717, 1.165) is 51.4 Å². The van der Waals surface area contributed by atoms with Crippen molar-refractivity contribution in [3.63, 3.8) is 0 Å². The molecule has 0 radical (unpaired) electrons. The van der Waals surface area contributed by atoms with E-state index in [1.54, 1.807) is 24.3 Å². The summed E-state index contributed by atoms with van der Waals surface area (Å²) in [6, 6.07) is 12.4. The van der Waals surface area contributed by atoms with Crippen LogP contribution in [0, 0.1) is 0 Å². The number of hydrogen-bond donors (Lipinski definition) is 1. The van der Waals surface area contributed by atoms with Gasteiger partial charge in [0.1, 0.15) is 17.2 Å². The second-order valence-corrected chi connectivity index (χ2v) is 11.8. The zero-order valence-corrected chi connectivity index (χ0v) is 23.0. The van der Waals surface area contributed by atoms with E-state index in [1.807, 2.05) is 0 Å². The third-order valence-corrected chi connectivity index (χ3v) is 9.08. The summed E-state index contributed by atoms with van der Waals surface area (Å²) in [5, 5.41) is 17.7. The maximum absolute atomic E-state index is 13.1. The van der Waals surface area contributed by atoms with E-state index in [9.17, 15) is 23.1 Å². The number of fused-ring (bicyclic) bond motifs is 3. The number of rotatable bonds is 9. The van der Waals surface area contributed by atoms with Crippen molar-refractivity contribution in [1.29, 1.82) is 0 Å². The molecule has 4 saturated carbocycles. The summed E-state index contributed by atoms with van der Waals surface area (Å²) >= 11 is 0. The highest BCUT2D eigenvalue weighted by Crippen LogP contribution is 2.55. The number of aromatic nitrogens is 3.